The summed E-state index contributed by atoms with van der Waals surface area (Å²) < 4.78 is 6.26. The second-order valence-corrected chi connectivity index (χ2v) is 9.80. The average Bonchev–Trinajstić information content (AvgIpc) is 3.35. The first-order valence-electron chi connectivity index (χ1n) is 12.9. The zero-order chi connectivity index (χ0) is 25.1. The first kappa shape index (κ1) is 21.0. The number of rotatable bonds is 3. The molecular weight excluding hydrogens is 462 g/mol. The molecule has 0 aliphatic carbocycles. The van der Waals surface area contributed by atoms with Crippen molar-refractivity contribution in [3.63, 3.8) is 0 Å². The van der Waals surface area contributed by atoms with Crippen molar-refractivity contribution < 1.29 is 4.42 Å². The molecule has 38 heavy (non-hydrogen) atoms. The lowest BCUT2D eigenvalue weighted by Gasteiger charge is -2.26. The van der Waals surface area contributed by atoms with Crippen molar-refractivity contribution in [1.82, 2.24) is 0 Å². The Morgan fingerprint density at radius 3 is 1.79 bits per heavy atom. The van der Waals surface area contributed by atoms with Crippen LogP contribution in [-0.4, -0.2) is 0 Å². The Bertz CT molecular complexity index is 2140. The molecule has 0 aliphatic rings. The van der Waals surface area contributed by atoms with Crippen molar-refractivity contribution in [3.8, 4) is 0 Å². The number of hydrogen-bond acceptors (Lipinski definition) is 2. The van der Waals surface area contributed by atoms with Gasteiger partial charge in [-0.05, 0) is 74.8 Å². The van der Waals surface area contributed by atoms with Gasteiger partial charge in [-0.2, -0.15) is 0 Å². The molecule has 178 valence electrons. The van der Waals surface area contributed by atoms with E-state index in [9.17, 15) is 0 Å². The van der Waals surface area contributed by atoms with Crippen molar-refractivity contribution in [1.29, 1.82) is 0 Å². The molecule has 0 spiro atoms. The summed E-state index contributed by atoms with van der Waals surface area (Å²) in [6, 6.07) is 49.7. The molecule has 0 bridgehead atoms. The van der Waals surface area contributed by atoms with Gasteiger partial charge >= 0.3 is 0 Å². The van der Waals surface area contributed by atoms with Crippen LogP contribution in [0.15, 0.2) is 144 Å². The summed E-state index contributed by atoms with van der Waals surface area (Å²) >= 11 is 0. The molecule has 0 radical (unpaired) electrons. The van der Waals surface area contributed by atoms with Crippen LogP contribution < -0.4 is 4.90 Å². The molecule has 0 unspecified atom stereocenters. The van der Waals surface area contributed by atoms with Gasteiger partial charge in [0.2, 0.25) is 0 Å². The van der Waals surface area contributed by atoms with Crippen molar-refractivity contribution in [2.24, 2.45) is 0 Å². The van der Waals surface area contributed by atoms with Gasteiger partial charge in [-0.25, -0.2) is 0 Å². The monoisotopic (exact) mass is 485 g/mol. The highest BCUT2D eigenvalue weighted by Crippen LogP contribution is 2.40. The number of benzene rings is 7. The highest BCUT2D eigenvalue weighted by molar-refractivity contribution is 6.18. The van der Waals surface area contributed by atoms with E-state index in [1.54, 1.807) is 0 Å². The smallest absolute Gasteiger partial charge is 0.137 e. The van der Waals surface area contributed by atoms with E-state index in [4.69, 9.17) is 4.42 Å². The third kappa shape index (κ3) is 3.21. The number of fused-ring (bicyclic) bond motifs is 8. The van der Waals surface area contributed by atoms with Crippen molar-refractivity contribution in [3.05, 3.63) is 140 Å². The van der Waals surface area contributed by atoms with Gasteiger partial charge in [0.05, 0.1) is 0 Å². The molecule has 0 aliphatic heterocycles. The lowest BCUT2D eigenvalue weighted by molar-refractivity contribution is 0.669. The first-order valence-corrected chi connectivity index (χ1v) is 12.9. The third-order valence-corrected chi connectivity index (χ3v) is 7.62. The van der Waals surface area contributed by atoms with E-state index >= 15 is 0 Å². The predicted octanol–water partition coefficient (Wildman–Crippen LogP) is 10.5. The van der Waals surface area contributed by atoms with Crippen LogP contribution in [0.4, 0.5) is 17.1 Å². The summed E-state index contributed by atoms with van der Waals surface area (Å²) in [5.74, 6) is 0. The Balaban J connectivity index is 1.37. The van der Waals surface area contributed by atoms with Gasteiger partial charge in [0.1, 0.15) is 11.2 Å². The summed E-state index contributed by atoms with van der Waals surface area (Å²) in [5.41, 5.74) is 5.08. The highest BCUT2D eigenvalue weighted by atomic mass is 16.3. The zero-order valence-corrected chi connectivity index (χ0v) is 20.6. The molecule has 8 rings (SSSR count). The summed E-state index contributed by atoms with van der Waals surface area (Å²) in [6.45, 7) is 0. The van der Waals surface area contributed by atoms with E-state index in [1.165, 1.54) is 32.3 Å². The largest absolute Gasteiger partial charge is 0.456 e. The molecule has 8 aromatic rings. The van der Waals surface area contributed by atoms with Gasteiger partial charge in [0.25, 0.3) is 0 Å². The Morgan fingerprint density at radius 1 is 0.342 bits per heavy atom. The Kier molecular flexibility index (Phi) is 4.55. The van der Waals surface area contributed by atoms with Gasteiger partial charge < -0.3 is 9.32 Å². The Labute approximate surface area is 220 Å². The Hall–Kier alpha value is -5.08. The van der Waals surface area contributed by atoms with Crippen molar-refractivity contribution in [2.75, 3.05) is 4.90 Å². The lowest BCUT2D eigenvalue weighted by Crippen LogP contribution is -2.09. The predicted molar refractivity (Wildman–Crippen MR) is 161 cm³/mol. The molecule has 0 fully saturated rings. The fraction of sp³-hybridized carbons (Fsp3) is 0. The molecule has 1 heterocycles. The minimum Gasteiger partial charge on any atom is -0.456 e. The topological polar surface area (TPSA) is 16.4 Å². The van der Waals surface area contributed by atoms with Gasteiger partial charge in [0.15, 0.2) is 0 Å². The minimum atomic E-state index is 0.891. The van der Waals surface area contributed by atoms with E-state index in [-0.39, 0.29) is 0 Å². The van der Waals surface area contributed by atoms with Gasteiger partial charge in [-0.3, -0.25) is 0 Å². The maximum atomic E-state index is 6.26. The molecule has 2 nitrogen and oxygen atoms in total. The summed E-state index contributed by atoms with van der Waals surface area (Å²) in [4.78, 5) is 2.31. The van der Waals surface area contributed by atoms with Crippen LogP contribution in [0.2, 0.25) is 0 Å². The minimum absolute atomic E-state index is 0.891. The normalized spacial score (nSPS) is 11.7. The standard InChI is InChI=1S/C36H23NO/c1-2-9-26(10-3-1)37(28-18-21-33-32-12-6-7-13-35(32)38-36(33)23-28)27-17-14-25-16-19-30-29-11-5-4-8-24(29)15-20-31(30)34(25)22-27/h1-23H. The van der Waals surface area contributed by atoms with Crippen molar-refractivity contribution in [2.45, 2.75) is 0 Å². The average molecular weight is 486 g/mol. The Morgan fingerprint density at radius 2 is 0.921 bits per heavy atom. The van der Waals surface area contributed by atoms with Crippen molar-refractivity contribution >= 4 is 71.3 Å². The summed E-state index contributed by atoms with van der Waals surface area (Å²) in [7, 11) is 0. The fourth-order valence-electron chi connectivity index (χ4n) is 5.82. The van der Waals surface area contributed by atoms with Crippen LogP contribution in [0.3, 0.4) is 0 Å². The first-order chi connectivity index (χ1) is 18.8. The number of nitrogens with zero attached hydrogens (tertiary/aromatic N) is 1. The van der Waals surface area contributed by atoms with E-state index in [2.05, 4.69) is 132 Å². The number of hydrogen-bond donors (Lipinski definition) is 0. The molecule has 0 amide bonds. The second kappa shape index (κ2) is 8.22. The lowest BCUT2D eigenvalue weighted by atomic mass is 9.96. The maximum Gasteiger partial charge on any atom is 0.137 e. The molecule has 0 N–H and O–H groups in total. The molecule has 7 aromatic carbocycles. The van der Waals surface area contributed by atoms with Gasteiger partial charge in [0, 0.05) is 33.9 Å². The van der Waals surface area contributed by atoms with Crippen LogP contribution >= 0.6 is 0 Å². The maximum absolute atomic E-state index is 6.26. The molecule has 2 heteroatoms. The summed E-state index contributed by atoms with van der Waals surface area (Å²) in [6.07, 6.45) is 0. The molecule has 0 atom stereocenters. The molecular formula is C36H23NO. The van der Waals surface area contributed by atoms with E-state index in [0.717, 1.165) is 39.0 Å². The molecule has 1 aromatic heterocycles. The number of furan rings is 1. The van der Waals surface area contributed by atoms with Gasteiger partial charge in [-0.15, -0.1) is 0 Å². The summed E-state index contributed by atoms with van der Waals surface area (Å²) in [5, 5.41) is 9.85. The van der Waals surface area contributed by atoms with E-state index in [1.807, 2.05) is 12.1 Å². The highest BCUT2D eigenvalue weighted by Gasteiger charge is 2.16. The number of anilines is 3. The third-order valence-electron chi connectivity index (χ3n) is 7.62. The quantitative estimate of drug-likeness (QED) is 0.231. The van der Waals surface area contributed by atoms with E-state index in [0.29, 0.717) is 0 Å². The van der Waals surface area contributed by atoms with E-state index < -0.39 is 0 Å². The van der Waals surface area contributed by atoms with Crippen LogP contribution in [0, 0.1) is 0 Å². The SMILES string of the molecule is c1ccc(N(c2ccc3c(c2)oc2ccccc23)c2ccc3ccc4c5ccccc5ccc4c3c2)cc1. The van der Waals surface area contributed by atoms with Crippen LogP contribution in [0.5, 0.6) is 0 Å². The van der Waals surface area contributed by atoms with Gasteiger partial charge in [-0.1, -0.05) is 91.0 Å². The van der Waals surface area contributed by atoms with Crippen LogP contribution in [0.25, 0.3) is 54.3 Å². The van der Waals surface area contributed by atoms with Crippen LogP contribution in [0.1, 0.15) is 0 Å². The zero-order valence-electron chi connectivity index (χ0n) is 20.6. The number of para-hydroxylation sites is 2. The second-order valence-electron chi connectivity index (χ2n) is 9.80. The molecule has 0 saturated heterocycles. The molecule has 0 saturated carbocycles. The fourth-order valence-corrected chi connectivity index (χ4v) is 5.82. The van der Waals surface area contributed by atoms with Crippen LogP contribution in [-0.2, 0) is 0 Å².